The maximum Gasteiger partial charge on any atom is 0.168 e. The second-order valence-electron chi connectivity index (χ2n) is 10.2. The quantitative estimate of drug-likeness (QED) is 0.724. The Kier molecular flexibility index (Phi) is 3.49. The van der Waals surface area contributed by atoms with Gasteiger partial charge in [-0.1, -0.05) is 20.3 Å². The monoisotopic (exact) mass is 334 g/mol. The zero-order valence-electron chi connectivity index (χ0n) is 15.4. The number of rotatable bonds is 0. The van der Waals surface area contributed by atoms with Crippen LogP contribution in [0.15, 0.2) is 0 Å². The van der Waals surface area contributed by atoms with Crippen LogP contribution in [0.25, 0.3) is 0 Å². The Hall–Kier alpha value is -0.120. The van der Waals surface area contributed by atoms with E-state index >= 15 is 0 Å². The summed E-state index contributed by atoms with van der Waals surface area (Å²) in [7, 11) is 0. The van der Waals surface area contributed by atoms with Crippen molar-refractivity contribution < 1.29 is 14.6 Å². The maximum absolute atomic E-state index is 11.2. The highest BCUT2D eigenvalue weighted by Gasteiger charge is 2.62. The molecule has 0 unspecified atom stereocenters. The zero-order chi connectivity index (χ0) is 16.6. The number of aliphatic hydroxyl groups is 1. The minimum absolute atomic E-state index is 0.0957. The minimum Gasteiger partial charge on any atom is -0.393 e. The topological polar surface area (TPSA) is 38.7 Å². The van der Waals surface area contributed by atoms with Gasteiger partial charge in [-0.3, -0.25) is 0 Å². The molecule has 7 atom stereocenters. The predicted octanol–water partition coefficient (Wildman–Crippen LogP) is 4.13. The summed E-state index contributed by atoms with van der Waals surface area (Å²) in [5, 5.41) is 11.2. The third kappa shape index (κ3) is 2.07. The molecule has 1 aliphatic heterocycles. The molecule has 0 bridgehead atoms. The highest BCUT2D eigenvalue weighted by atomic mass is 16.7. The summed E-state index contributed by atoms with van der Waals surface area (Å²) >= 11 is 0. The number of hydrogen-bond donors (Lipinski definition) is 1. The summed E-state index contributed by atoms with van der Waals surface area (Å²) in [4.78, 5) is 0. The van der Waals surface area contributed by atoms with E-state index in [2.05, 4.69) is 13.8 Å². The van der Waals surface area contributed by atoms with Crippen molar-refractivity contribution in [3.05, 3.63) is 0 Å². The van der Waals surface area contributed by atoms with Gasteiger partial charge in [0.15, 0.2) is 5.79 Å². The molecule has 5 fully saturated rings. The molecular weight excluding hydrogens is 300 g/mol. The van der Waals surface area contributed by atoms with E-state index < -0.39 is 0 Å². The van der Waals surface area contributed by atoms with Gasteiger partial charge in [-0.15, -0.1) is 0 Å². The van der Waals surface area contributed by atoms with Crippen molar-refractivity contribution in [3.63, 3.8) is 0 Å². The molecule has 3 heteroatoms. The van der Waals surface area contributed by atoms with Gasteiger partial charge in [0.2, 0.25) is 0 Å². The smallest absolute Gasteiger partial charge is 0.168 e. The Bertz CT molecular complexity index is 513. The molecule has 0 amide bonds. The van der Waals surface area contributed by atoms with Crippen LogP contribution in [0.4, 0.5) is 0 Å². The van der Waals surface area contributed by atoms with Gasteiger partial charge in [0, 0.05) is 12.8 Å². The summed E-state index contributed by atoms with van der Waals surface area (Å²) in [6, 6.07) is 0. The van der Waals surface area contributed by atoms with Gasteiger partial charge >= 0.3 is 0 Å². The van der Waals surface area contributed by atoms with Crippen LogP contribution in [-0.4, -0.2) is 30.2 Å². The fourth-order valence-corrected chi connectivity index (χ4v) is 8.09. The van der Waals surface area contributed by atoms with Crippen LogP contribution in [0.1, 0.15) is 71.6 Å². The molecule has 0 aromatic heterocycles. The molecule has 0 aromatic rings. The fraction of sp³-hybridized carbons (Fsp3) is 1.00. The second kappa shape index (κ2) is 5.20. The Morgan fingerprint density at radius 2 is 1.71 bits per heavy atom. The lowest BCUT2D eigenvalue weighted by molar-refractivity contribution is -0.241. The number of ether oxygens (including phenoxy) is 2. The standard InChI is InChI=1S/C21H34O3/c1-19-7-3-4-16(19)15-6-5-14-12-21(23-10-11-24-21)9-8-20(14,2)18(15)17(22)13-19/h14-18,22H,3-13H2,1-2H3/t14-,15-,16-,17-,18+,19-,20-/m0/s1. The van der Waals surface area contributed by atoms with Gasteiger partial charge in [-0.25, -0.2) is 0 Å². The molecule has 1 N–H and O–H groups in total. The summed E-state index contributed by atoms with van der Waals surface area (Å²) in [6.45, 7) is 6.49. The fourth-order valence-electron chi connectivity index (χ4n) is 8.09. The zero-order valence-corrected chi connectivity index (χ0v) is 15.4. The van der Waals surface area contributed by atoms with Gasteiger partial charge in [0.05, 0.1) is 19.3 Å². The first kappa shape index (κ1) is 16.1. The number of aliphatic hydroxyl groups excluding tert-OH is 1. The third-order valence-electron chi connectivity index (χ3n) is 9.18. The summed E-state index contributed by atoms with van der Waals surface area (Å²) in [5.74, 6) is 2.50. The SMILES string of the molecule is C[C@@]12CCC[C@H]1[C@@H]1CC[C@H]3CC4(CC[C@]3(C)[C@H]1[C@@H](O)C2)OCCO4. The summed E-state index contributed by atoms with van der Waals surface area (Å²) in [6.07, 6.45) is 10.9. The summed E-state index contributed by atoms with van der Waals surface area (Å²) < 4.78 is 12.1. The van der Waals surface area contributed by atoms with Crippen molar-refractivity contribution in [2.75, 3.05) is 13.2 Å². The lowest BCUT2D eigenvalue weighted by Crippen LogP contribution is -2.59. The van der Waals surface area contributed by atoms with Crippen molar-refractivity contribution in [2.24, 2.45) is 34.5 Å². The van der Waals surface area contributed by atoms with Crippen LogP contribution >= 0.6 is 0 Å². The molecule has 4 saturated carbocycles. The van der Waals surface area contributed by atoms with Crippen LogP contribution in [-0.2, 0) is 9.47 Å². The van der Waals surface area contributed by atoms with Gasteiger partial charge < -0.3 is 14.6 Å². The predicted molar refractivity (Wildman–Crippen MR) is 92.4 cm³/mol. The Labute approximate surface area is 146 Å². The molecule has 3 nitrogen and oxygen atoms in total. The van der Waals surface area contributed by atoms with Gasteiger partial charge in [0.25, 0.3) is 0 Å². The lowest BCUT2D eigenvalue weighted by atomic mass is 9.44. The molecule has 24 heavy (non-hydrogen) atoms. The normalized spacial score (nSPS) is 55.9. The largest absolute Gasteiger partial charge is 0.393 e. The number of hydrogen-bond acceptors (Lipinski definition) is 3. The molecule has 1 heterocycles. The van der Waals surface area contributed by atoms with Gasteiger partial charge in [0.1, 0.15) is 0 Å². The first-order valence-corrected chi connectivity index (χ1v) is 10.4. The molecule has 5 aliphatic rings. The Morgan fingerprint density at radius 3 is 2.50 bits per heavy atom. The van der Waals surface area contributed by atoms with E-state index in [1.54, 1.807) is 0 Å². The number of fused-ring (bicyclic) bond motifs is 5. The first-order chi connectivity index (χ1) is 11.5. The minimum atomic E-state index is -0.279. The van der Waals surface area contributed by atoms with Gasteiger partial charge in [-0.05, 0) is 73.0 Å². The van der Waals surface area contributed by atoms with E-state index in [1.165, 1.54) is 38.5 Å². The van der Waals surface area contributed by atoms with Crippen molar-refractivity contribution in [1.29, 1.82) is 0 Å². The van der Waals surface area contributed by atoms with Crippen LogP contribution in [0.5, 0.6) is 0 Å². The van der Waals surface area contributed by atoms with Crippen molar-refractivity contribution in [2.45, 2.75) is 83.5 Å². The third-order valence-corrected chi connectivity index (χ3v) is 9.18. The maximum atomic E-state index is 11.2. The summed E-state index contributed by atoms with van der Waals surface area (Å²) in [5.41, 5.74) is 0.699. The van der Waals surface area contributed by atoms with Crippen molar-refractivity contribution in [3.8, 4) is 0 Å². The Balaban J connectivity index is 1.45. The van der Waals surface area contributed by atoms with E-state index in [0.29, 0.717) is 17.3 Å². The molecule has 5 rings (SSSR count). The molecule has 0 radical (unpaired) electrons. The molecule has 136 valence electrons. The molecule has 1 saturated heterocycles. The first-order valence-electron chi connectivity index (χ1n) is 10.4. The van der Waals surface area contributed by atoms with Crippen LogP contribution < -0.4 is 0 Å². The highest BCUT2D eigenvalue weighted by Crippen LogP contribution is 2.67. The van der Waals surface area contributed by atoms with Crippen LogP contribution in [0, 0.1) is 34.5 Å². The van der Waals surface area contributed by atoms with Crippen molar-refractivity contribution >= 4 is 0 Å². The van der Waals surface area contributed by atoms with Crippen molar-refractivity contribution in [1.82, 2.24) is 0 Å². The molecule has 4 aliphatic carbocycles. The van der Waals surface area contributed by atoms with Gasteiger partial charge in [-0.2, -0.15) is 0 Å². The second-order valence-corrected chi connectivity index (χ2v) is 10.2. The molecule has 0 aromatic carbocycles. The molecular formula is C21H34O3. The van der Waals surface area contributed by atoms with Crippen LogP contribution in [0.3, 0.4) is 0 Å². The van der Waals surface area contributed by atoms with E-state index in [1.807, 2.05) is 0 Å². The average molecular weight is 335 g/mol. The average Bonchev–Trinajstić information content (AvgIpc) is 3.14. The van der Waals surface area contributed by atoms with E-state index in [-0.39, 0.29) is 17.3 Å². The molecule has 1 spiro atoms. The van der Waals surface area contributed by atoms with E-state index in [4.69, 9.17) is 9.47 Å². The lowest BCUT2D eigenvalue weighted by Gasteiger charge is -2.62. The van der Waals surface area contributed by atoms with Crippen LogP contribution in [0.2, 0.25) is 0 Å². The Morgan fingerprint density at radius 1 is 0.917 bits per heavy atom. The van der Waals surface area contributed by atoms with E-state index in [0.717, 1.165) is 44.3 Å². The highest BCUT2D eigenvalue weighted by molar-refractivity contribution is 5.11. The van der Waals surface area contributed by atoms with E-state index in [9.17, 15) is 5.11 Å².